The van der Waals surface area contributed by atoms with E-state index >= 15 is 0 Å². The number of halogens is 1. The Bertz CT molecular complexity index is 853. The molecule has 2 aromatic carbocycles. The molecule has 0 spiro atoms. The lowest BCUT2D eigenvalue weighted by Crippen LogP contribution is -2.28. The third-order valence-electron chi connectivity index (χ3n) is 4.44. The molecule has 1 atom stereocenters. The van der Waals surface area contributed by atoms with Gasteiger partial charge in [0, 0.05) is 43.2 Å². The second-order valence-electron chi connectivity index (χ2n) is 6.27. The molecule has 0 bridgehead atoms. The molecule has 3 nitrogen and oxygen atoms in total. The molecular weight excluding hydrogens is 315 g/mol. The van der Waals surface area contributed by atoms with Crippen molar-refractivity contribution in [2.24, 2.45) is 0 Å². The maximum atomic E-state index is 14.3. The number of hydrogen-bond donors (Lipinski definition) is 0. The normalized spacial score (nSPS) is 17.4. The molecule has 0 amide bonds. The van der Waals surface area contributed by atoms with Crippen molar-refractivity contribution < 1.29 is 9.13 Å². The standard InChI is InChI=1S/C21H19FN2O/c22-19-9-3-2-8-18(19)21-15-24(13-16-6-5-11-23-12-16)14-17-7-1-4-10-20(17)25-21/h1-12,21H,13-15H2. The van der Waals surface area contributed by atoms with Crippen molar-refractivity contribution in [3.05, 3.63) is 95.6 Å². The van der Waals surface area contributed by atoms with Gasteiger partial charge >= 0.3 is 0 Å². The summed E-state index contributed by atoms with van der Waals surface area (Å²) in [6.07, 6.45) is 3.30. The Labute approximate surface area is 146 Å². The SMILES string of the molecule is Fc1ccccc1C1CN(Cc2cccnc2)Cc2ccccc2O1. The molecule has 0 fully saturated rings. The minimum Gasteiger partial charge on any atom is -0.484 e. The molecular formula is C21H19FN2O. The lowest BCUT2D eigenvalue weighted by molar-refractivity contribution is 0.140. The van der Waals surface area contributed by atoms with Crippen LogP contribution in [0, 0.1) is 5.82 Å². The van der Waals surface area contributed by atoms with Gasteiger partial charge < -0.3 is 4.74 Å². The van der Waals surface area contributed by atoms with E-state index < -0.39 is 0 Å². The maximum Gasteiger partial charge on any atom is 0.139 e. The first-order chi connectivity index (χ1) is 12.3. The second-order valence-corrected chi connectivity index (χ2v) is 6.27. The van der Waals surface area contributed by atoms with Gasteiger partial charge in [0.1, 0.15) is 17.7 Å². The lowest BCUT2D eigenvalue weighted by Gasteiger charge is -2.24. The predicted molar refractivity (Wildman–Crippen MR) is 94.6 cm³/mol. The first-order valence-electron chi connectivity index (χ1n) is 8.40. The van der Waals surface area contributed by atoms with Crippen LogP contribution in [0.3, 0.4) is 0 Å². The van der Waals surface area contributed by atoms with Gasteiger partial charge in [-0.1, -0.05) is 42.5 Å². The first kappa shape index (κ1) is 15.8. The summed E-state index contributed by atoms with van der Waals surface area (Å²) in [6, 6.07) is 18.8. The Morgan fingerprint density at radius 3 is 2.72 bits per heavy atom. The zero-order valence-corrected chi connectivity index (χ0v) is 13.8. The number of aromatic nitrogens is 1. The van der Waals surface area contributed by atoms with Crippen LogP contribution in [0.25, 0.3) is 0 Å². The van der Waals surface area contributed by atoms with Crippen LogP contribution in [0.4, 0.5) is 4.39 Å². The molecule has 4 heteroatoms. The first-order valence-corrected chi connectivity index (χ1v) is 8.40. The highest BCUT2D eigenvalue weighted by molar-refractivity contribution is 5.35. The molecule has 0 radical (unpaired) electrons. The summed E-state index contributed by atoms with van der Waals surface area (Å²) in [7, 11) is 0. The monoisotopic (exact) mass is 334 g/mol. The van der Waals surface area contributed by atoms with Gasteiger partial charge in [-0.15, -0.1) is 0 Å². The quantitative estimate of drug-likeness (QED) is 0.712. The zero-order valence-electron chi connectivity index (χ0n) is 13.8. The minimum absolute atomic E-state index is 0.229. The number of rotatable bonds is 3. The molecule has 1 unspecified atom stereocenters. The zero-order chi connectivity index (χ0) is 17.1. The highest BCUT2D eigenvalue weighted by Crippen LogP contribution is 2.32. The summed E-state index contributed by atoms with van der Waals surface area (Å²) < 4.78 is 20.5. The minimum atomic E-state index is -0.346. The number of hydrogen-bond acceptors (Lipinski definition) is 3. The van der Waals surface area contributed by atoms with Crippen LogP contribution >= 0.6 is 0 Å². The molecule has 1 aromatic heterocycles. The highest BCUT2D eigenvalue weighted by Gasteiger charge is 2.26. The fourth-order valence-corrected chi connectivity index (χ4v) is 3.25. The Hall–Kier alpha value is -2.72. The van der Waals surface area contributed by atoms with Crippen LogP contribution in [0.5, 0.6) is 5.75 Å². The van der Waals surface area contributed by atoms with Gasteiger partial charge in [0.25, 0.3) is 0 Å². The summed E-state index contributed by atoms with van der Waals surface area (Å²) >= 11 is 0. The molecule has 1 aliphatic rings. The summed E-state index contributed by atoms with van der Waals surface area (Å²) in [4.78, 5) is 6.47. The molecule has 25 heavy (non-hydrogen) atoms. The van der Waals surface area contributed by atoms with Gasteiger partial charge in [0.05, 0.1) is 0 Å². The molecule has 1 aliphatic heterocycles. The number of pyridine rings is 1. The fourth-order valence-electron chi connectivity index (χ4n) is 3.25. The van der Waals surface area contributed by atoms with E-state index in [4.69, 9.17) is 4.74 Å². The van der Waals surface area contributed by atoms with Gasteiger partial charge in [0.2, 0.25) is 0 Å². The van der Waals surface area contributed by atoms with Crippen LogP contribution in [0.15, 0.2) is 73.1 Å². The van der Waals surface area contributed by atoms with E-state index in [1.807, 2.05) is 36.5 Å². The summed E-state index contributed by atoms with van der Waals surface area (Å²) in [5, 5.41) is 0. The number of para-hydroxylation sites is 1. The average molecular weight is 334 g/mol. The molecule has 0 aliphatic carbocycles. The lowest BCUT2D eigenvalue weighted by atomic mass is 10.1. The van der Waals surface area contributed by atoms with Crippen LogP contribution in [0.2, 0.25) is 0 Å². The Morgan fingerprint density at radius 1 is 1.04 bits per heavy atom. The number of fused-ring (bicyclic) bond motifs is 1. The van der Waals surface area contributed by atoms with Crippen LogP contribution in [-0.4, -0.2) is 16.4 Å². The van der Waals surface area contributed by atoms with Gasteiger partial charge in [-0.25, -0.2) is 4.39 Å². The van der Waals surface area contributed by atoms with Gasteiger partial charge in [-0.05, 0) is 23.8 Å². The summed E-state index contributed by atoms with van der Waals surface area (Å²) in [5.74, 6) is 0.595. The molecule has 2 heterocycles. The maximum absolute atomic E-state index is 14.3. The van der Waals surface area contributed by atoms with Gasteiger partial charge in [0.15, 0.2) is 0 Å². The van der Waals surface area contributed by atoms with Crippen molar-refractivity contribution >= 4 is 0 Å². The van der Waals surface area contributed by atoms with Crippen molar-refractivity contribution in [2.75, 3.05) is 6.54 Å². The van der Waals surface area contributed by atoms with E-state index in [2.05, 4.69) is 22.0 Å². The van der Waals surface area contributed by atoms with Crippen molar-refractivity contribution in [2.45, 2.75) is 19.2 Å². The van der Waals surface area contributed by atoms with Crippen LogP contribution in [-0.2, 0) is 13.1 Å². The number of nitrogens with zero attached hydrogens (tertiary/aromatic N) is 2. The molecule has 126 valence electrons. The van der Waals surface area contributed by atoms with Crippen molar-refractivity contribution in [3.63, 3.8) is 0 Å². The second kappa shape index (κ2) is 7.03. The Balaban J connectivity index is 1.67. The Kier molecular flexibility index (Phi) is 4.44. The topological polar surface area (TPSA) is 25.4 Å². The number of benzene rings is 2. The van der Waals surface area contributed by atoms with Crippen molar-refractivity contribution in [3.8, 4) is 5.75 Å². The van der Waals surface area contributed by atoms with E-state index in [0.29, 0.717) is 12.1 Å². The van der Waals surface area contributed by atoms with E-state index in [1.165, 1.54) is 6.07 Å². The third kappa shape index (κ3) is 3.54. The molecule has 0 saturated carbocycles. The molecule has 0 N–H and O–H groups in total. The largest absolute Gasteiger partial charge is 0.484 e. The highest BCUT2D eigenvalue weighted by atomic mass is 19.1. The van der Waals surface area contributed by atoms with Crippen LogP contribution in [0.1, 0.15) is 22.8 Å². The van der Waals surface area contributed by atoms with E-state index in [0.717, 1.165) is 30.0 Å². The average Bonchev–Trinajstić information content (AvgIpc) is 2.82. The summed E-state index contributed by atoms with van der Waals surface area (Å²) in [5.41, 5.74) is 2.84. The summed E-state index contributed by atoms with van der Waals surface area (Å²) in [6.45, 7) is 2.12. The van der Waals surface area contributed by atoms with Gasteiger partial charge in [-0.2, -0.15) is 0 Å². The number of ether oxygens (including phenoxy) is 1. The van der Waals surface area contributed by atoms with Crippen molar-refractivity contribution in [1.29, 1.82) is 0 Å². The van der Waals surface area contributed by atoms with E-state index in [1.54, 1.807) is 18.3 Å². The fraction of sp³-hybridized carbons (Fsp3) is 0.190. The van der Waals surface area contributed by atoms with E-state index in [9.17, 15) is 4.39 Å². The predicted octanol–water partition coefficient (Wildman–Crippen LogP) is 4.36. The van der Waals surface area contributed by atoms with Gasteiger partial charge in [-0.3, -0.25) is 9.88 Å². The molecule has 0 saturated heterocycles. The van der Waals surface area contributed by atoms with Crippen molar-refractivity contribution in [1.82, 2.24) is 9.88 Å². The molecule has 4 rings (SSSR count). The third-order valence-corrected chi connectivity index (χ3v) is 4.44. The smallest absolute Gasteiger partial charge is 0.139 e. The molecule has 3 aromatic rings. The van der Waals surface area contributed by atoms with E-state index in [-0.39, 0.29) is 11.9 Å². The Morgan fingerprint density at radius 2 is 1.88 bits per heavy atom. The van der Waals surface area contributed by atoms with Crippen LogP contribution < -0.4 is 4.74 Å².